The molecular formula is C10H8ClFN2OS. The Labute approximate surface area is 101 Å². The highest BCUT2D eigenvalue weighted by Crippen LogP contribution is 2.21. The van der Waals surface area contributed by atoms with Gasteiger partial charge >= 0.3 is 0 Å². The molecule has 2 aromatic rings. The summed E-state index contributed by atoms with van der Waals surface area (Å²) in [4.78, 5) is 0. The van der Waals surface area contributed by atoms with Gasteiger partial charge in [-0.05, 0) is 17.7 Å². The number of rotatable bonds is 3. The SMILES string of the molecule is OC(Cc1ccc(Cl)cc1F)c1cnsn1. The molecule has 3 nitrogen and oxygen atoms in total. The van der Waals surface area contributed by atoms with Crippen LogP contribution in [0.3, 0.4) is 0 Å². The summed E-state index contributed by atoms with van der Waals surface area (Å²) < 4.78 is 21.1. The van der Waals surface area contributed by atoms with Crippen molar-refractivity contribution in [2.24, 2.45) is 0 Å². The molecule has 16 heavy (non-hydrogen) atoms. The van der Waals surface area contributed by atoms with E-state index in [2.05, 4.69) is 8.75 Å². The molecule has 0 saturated heterocycles. The highest BCUT2D eigenvalue weighted by molar-refractivity contribution is 6.99. The summed E-state index contributed by atoms with van der Waals surface area (Å²) in [5.74, 6) is -0.422. The number of aliphatic hydroxyl groups is 1. The van der Waals surface area contributed by atoms with Crippen LogP contribution in [0.5, 0.6) is 0 Å². The molecule has 1 aromatic carbocycles. The third kappa shape index (κ3) is 2.55. The molecule has 6 heteroatoms. The lowest BCUT2D eigenvalue weighted by molar-refractivity contribution is 0.173. The van der Waals surface area contributed by atoms with E-state index in [1.54, 1.807) is 12.1 Å². The van der Waals surface area contributed by atoms with Gasteiger partial charge in [-0.2, -0.15) is 8.75 Å². The number of aliphatic hydroxyl groups excluding tert-OH is 1. The molecule has 0 saturated carbocycles. The van der Waals surface area contributed by atoms with Crippen LogP contribution in [-0.2, 0) is 6.42 Å². The second kappa shape index (κ2) is 4.86. The largest absolute Gasteiger partial charge is 0.386 e. The lowest BCUT2D eigenvalue weighted by Crippen LogP contribution is -2.03. The van der Waals surface area contributed by atoms with Crippen LogP contribution < -0.4 is 0 Å². The Bertz CT molecular complexity index is 478. The number of hydrogen-bond donors (Lipinski definition) is 1. The molecular weight excluding hydrogens is 251 g/mol. The maximum absolute atomic E-state index is 13.4. The first kappa shape index (κ1) is 11.4. The van der Waals surface area contributed by atoms with Crippen molar-refractivity contribution in [2.45, 2.75) is 12.5 Å². The molecule has 1 unspecified atom stereocenters. The lowest BCUT2D eigenvalue weighted by atomic mass is 10.1. The smallest absolute Gasteiger partial charge is 0.127 e. The number of benzene rings is 1. The summed E-state index contributed by atoms with van der Waals surface area (Å²) in [5.41, 5.74) is 0.865. The number of hydrogen-bond acceptors (Lipinski definition) is 4. The Hall–Kier alpha value is -1.04. The average molecular weight is 259 g/mol. The molecule has 0 aliphatic carbocycles. The van der Waals surface area contributed by atoms with Crippen molar-refractivity contribution in [3.8, 4) is 0 Å². The van der Waals surface area contributed by atoms with E-state index in [-0.39, 0.29) is 6.42 Å². The van der Waals surface area contributed by atoms with Gasteiger partial charge < -0.3 is 5.11 Å². The average Bonchev–Trinajstić information content (AvgIpc) is 2.75. The fraction of sp³-hybridized carbons (Fsp3) is 0.200. The first-order valence-electron chi connectivity index (χ1n) is 4.56. The molecule has 1 aromatic heterocycles. The van der Waals surface area contributed by atoms with Crippen molar-refractivity contribution in [1.29, 1.82) is 0 Å². The molecule has 0 bridgehead atoms. The van der Waals surface area contributed by atoms with Gasteiger partial charge in [-0.3, -0.25) is 0 Å². The predicted octanol–water partition coefficient (Wildman–Crippen LogP) is 2.61. The van der Waals surface area contributed by atoms with Gasteiger partial charge in [0.15, 0.2) is 0 Å². The van der Waals surface area contributed by atoms with Gasteiger partial charge in [-0.25, -0.2) is 4.39 Å². The first-order chi connectivity index (χ1) is 7.66. The molecule has 1 atom stereocenters. The van der Waals surface area contributed by atoms with E-state index in [0.29, 0.717) is 16.3 Å². The zero-order chi connectivity index (χ0) is 11.5. The summed E-state index contributed by atoms with van der Waals surface area (Å²) in [6.45, 7) is 0. The van der Waals surface area contributed by atoms with Crippen LogP contribution in [0.2, 0.25) is 5.02 Å². The number of nitrogens with zero attached hydrogens (tertiary/aromatic N) is 2. The van der Waals surface area contributed by atoms with Gasteiger partial charge in [0.2, 0.25) is 0 Å². The zero-order valence-electron chi connectivity index (χ0n) is 8.10. The van der Waals surface area contributed by atoms with E-state index >= 15 is 0 Å². The molecule has 2 rings (SSSR count). The van der Waals surface area contributed by atoms with E-state index < -0.39 is 11.9 Å². The Morgan fingerprint density at radius 2 is 2.31 bits per heavy atom. The van der Waals surface area contributed by atoms with Gasteiger partial charge in [0.1, 0.15) is 17.6 Å². The van der Waals surface area contributed by atoms with Crippen LogP contribution in [0.4, 0.5) is 4.39 Å². The summed E-state index contributed by atoms with van der Waals surface area (Å²) in [6, 6.07) is 4.37. The number of halogens is 2. The Morgan fingerprint density at radius 1 is 1.50 bits per heavy atom. The van der Waals surface area contributed by atoms with Gasteiger partial charge in [0.25, 0.3) is 0 Å². The molecule has 0 aliphatic rings. The van der Waals surface area contributed by atoms with Crippen molar-refractivity contribution in [3.05, 3.63) is 46.5 Å². The minimum Gasteiger partial charge on any atom is -0.386 e. The highest BCUT2D eigenvalue weighted by Gasteiger charge is 2.14. The van der Waals surface area contributed by atoms with Crippen LogP contribution >= 0.6 is 23.3 Å². The molecule has 84 valence electrons. The second-order valence-corrected chi connectivity index (χ2v) is 4.28. The van der Waals surface area contributed by atoms with Crippen LogP contribution in [-0.4, -0.2) is 13.9 Å². The lowest BCUT2D eigenvalue weighted by Gasteiger charge is -2.08. The minimum atomic E-state index is -0.838. The second-order valence-electron chi connectivity index (χ2n) is 3.29. The zero-order valence-corrected chi connectivity index (χ0v) is 9.67. The maximum atomic E-state index is 13.4. The summed E-state index contributed by atoms with van der Waals surface area (Å²) in [7, 11) is 0. The summed E-state index contributed by atoms with van der Waals surface area (Å²) in [5, 5.41) is 10.1. The molecule has 0 fully saturated rings. The van der Waals surface area contributed by atoms with E-state index in [4.69, 9.17) is 11.6 Å². The molecule has 1 heterocycles. The maximum Gasteiger partial charge on any atom is 0.127 e. The van der Waals surface area contributed by atoms with Gasteiger partial charge in [0, 0.05) is 11.4 Å². The van der Waals surface area contributed by atoms with E-state index in [0.717, 1.165) is 11.7 Å². The van der Waals surface area contributed by atoms with Crippen molar-refractivity contribution in [1.82, 2.24) is 8.75 Å². The first-order valence-corrected chi connectivity index (χ1v) is 5.67. The quantitative estimate of drug-likeness (QED) is 0.921. The third-order valence-corrected chi connectivity index (χ3v) is 2.88. The third-order valence-electron chi connectivity index (χ3n) is 2.15. The Kier molecular flexibility index (Phi) is 3.48. The minimum absolute atomic E-state index is 0.161. The van der Waals surface area contributed by atoms with Crippen LogP contribution in [0.25, 0.3) is 0 Å². The Balaban J connectivity index is 2.15. The normalized spacial score (nSPS) is 12.7. The fourth-order valence-corrected chi connectivity index (χ4v) is 1.94. The highest BCUT2D eigenvalue weighted by atomic mass is 35.5. The Morgan fingerprint density at radius 3 is 2.94 bits per heavy atom. The van der Waals surface area contributed by atoms with Gasteiger partial charge in [-0.1, -0.05) is 17.7 Å². The van der Waals surface area contributed by atoms with E-state index in [1.165, 1.54) is 12.3 Å². The molecule has 1 N–H and O–H groups in total. The van der Waals surface area contributed by atoms with Gasteiger partial charge in [-0.15, -0.1) is 0 Å². The summed E-state index contributed by atoms with van der Waals surface area (Å²) >= 11 is 6.64. The summed E-state index contributed by atoms with van der Waals surface area (Å²) in [6.07, 6.45) is 0.798. The molecule has 0 aliphatic heterocycles. The van der Waals surface area contributed by atoms with Gasteiger partial charge in [0.05, 0.1) is 17.9 Å². The fourth-order valence-electron chi connectivity index (χ4n) is 1.32. The molecule has 0 spiro atoms. The molecule has 0 radical (unpaired) electrons. The predicted molar refractivity (Wildman–Crippen MR) is 60.0 cm³/mol. The van der Waals surface area contributed by atoms with Crippen LogP contribution in [0.1, 0.15) is 17.4 Å². The van der Waals surface area contributed by atoms with E-state index in [9.17, 15) is 9.50 Å². The van der Waals surface area contributed by atoms with Crippen LogP contribution in [0.15, 0.2) is 24.4 Å². The molecule has 0 amide bonds. The monoisotopic (exact) mass is 258 g/mol. The van der Waals surface area contributed by atoms with Crippen molar-refractivity contribution in [3.63, 3.8) is 0 Å². The number of aromatic nitrogens is 2. The van der Waals surface area contributed by atoms with Crippen molar-refractivity contribution < 1.29 is 9.50 Å². The van der Waals surface area contributed by atoms with Crippen LogP contribution in [0, 0.1) is 5.82 Å². The van der Waals surface area contributed by atoms with Crippen molar-refractivity contribution >= 4 is 23.3 Å². The topological polar surface area (TPSA) is 46.0 Å². The van der Waals surface area contributed by atoms with E-state index in [1.807, 2.05) is 0 Å². The standard InChI is InChI=1S/C10H8ClFN2OS/c11-7-2-1-6(8(12)4-7)3-10(15)9-5-13-16-14-9/h1-2,4-5,10,15H,3H2. The van der Waals surface area contributed by atoms with Crippen molar-refractivity contribution in [2.75, 3.05) is 0 Å².